The standard InChI is InChI=1S/C16H28N2/c1-13(12-18(6)16(2,3)4)15(17-5)14-10-8-7-9-11-14/h7-11,13,15H,5,12,17H2,1-4,6H3/t13-,15+/m0/s1. The largest absolute Gasteiger partial charge is 0.472 e. The summed E-state index contributed by atoms with van der Waals surface area (Å²) in [5.74, 6) is 0.564. The molecule has 1 aromatic carbocycles. The van der Waals surface area contributed by atoms with Crippen molar-refractivity contribution in [1.82, 2.24) is 4.90 Å². The number of benzene rings is 1. The van der Waals surface area contributed by atoms with Crippen molar-refractivity contribution in [3.63, 3.8) is 0 Å². The summed E-state index contributed by atoms with van der Waals surface area (Å²) in [4.78, 5) is 2.41. The Labute approximate surface area is 112 Å². The van der Waals surface area contributed by atoms with Crippen molar-refractivity contribution in [2.24, 2.45) is 5.92 Å². The van der Waals surface area contributed by atoms with Crippen molar-refractivity contribution in [3.8, 4) is 0 Å². The maximum absolute atomic E-state index is 4.01. The normalized spacial score (nSPS) is 15.7. The summed E-state index contributed by atoms with van der Waals surface area (Å²) < 4.78 is 0. The van der Waals surface area contributed by atoms with E-state index in [-0.39, 0.29) is 5.54 Å². The van der Waals surface area contributed by atoms with Crippen LogP contribution in [0.1, 0.15) is 39.3 Å². The van der Waals surface area contributed by atoms with Gasteiger partial charge in [0, 0.05) is 23.6 Å². The Morgan fingerprint density at radius 3 is 2.22 bits per heavy atom. The van der Waals surface area contributed by atoms with Gasteiger partial charge >= 0.3 is 0 Å². The van der Waals surface area contributed by atoms with Gasteiger partial charge in [0.15, 0.2) is 0 Å². The predicted octanol–water partition coefficient (Wildman–Crippen LogP) is 2.45. The first-order chi connectivity index (χ1) is 8.36. The minimum atomic E-state index is 0.219. The van der Waals surface area contributed by atoms with Gasteiger partial charge < -0.3 is 10.2 Å². The van der Waals surface area contributed by atoms with E-state index < -0.39 is 0 Å². The lowest BCUT2D eigenvalue weighted by Gasteiger charge is -2.36. The highest BCUT2D eigenvalue weighted by atomic mass is 15.2. The molecule has 0 aliphatic carbocycles. The van der Waals surface area contributed by atoms with E-state index in [1.165, 1.54) is 5.56 Å². The van der Waals surface area contributed by atoms with Crippen LogP contribution < -0.4 is 5.32 Å². The summed E-state index contributed by atoms with van der Waals surface area (Å²) in [5.41, 5.74) is 1.58. The highest BCUT2D eigenvalue weighted by molar-refractivity contribution is 5.17. The molecule has 0 heterocycles. The maximum Gasteiger partial charge on any atom is 0.0914 e. The molecule has 0 saturated heterocycles. The van der Waals surface area contributed by atoms with Crippen molar-refractivity contribution in [3.05, 3.63) is 42.9 Å². The molecule has 2 atom stereocenters. The molecular weight excluding hydrogens is 220 g/mol. The Hall–Kier alpha value is -0.860. The van der Waals surface area contributed by atoms with Crippen LogP contribution in [0.4, 0.5) is 0 Å². The first-order valence-corrected chi connectivity index (χ1v) is 6.75. The Balaban J connectivity index is 2.72. The lowest BCUT2D eigenvalue weighted by atomic mass is 9.93. The monoisotopic (exact) mass is 248 g/mol. The highest BCUT2D eigenvalue weighted by Crippen LogP contribution is 2.21. The molecule has 2 N–H and O–H groups in total. The zero-order valence-electron chi connectivity index (χ0n) is 12.5. The van der Waals surface area contributed by atoms with Gasteiger partial charge in [-0.25, -0.2) is 0 Å². The maximum atomic E-state index is 4.01. The van der Waals surface area contributed by atoms with Gasteiger partial charge in [-0.2, -0.15) is 7.05 Å². The van der Waals surface area contributed by atoms with Crippen molar-refractivity contribution >= 4 is 0 Å². The van der Waals surface area contributed by atoms with Crippen LogP contribution in [-0.4, -0.2) is 24.0 Å². The van der Waals surface area contributed by atoms with Crippen LogP contribution in [-0.2, 0) is 0 Å². The number of hydrogen-bond donors (Lipinski definition) is 1. The molecule has 18 heavy (non-hydrogen) atoms. The Morgan fingerprint density at radius 2 is 1.78 bits per heavy atom. The van der Waals surface area contributed by atoms with E-state index in [4.69, 9.17) is 0 Å². The topological polar surface area (TPSA) is 19.9 Å². The van der Waals surface area contributed by atoms with E-state index in [1.54, 1.807) is 0 Å². The van der Waals surface area contributed by atoms with Crippen LogP contribution >= 0.6 is 0 Å². The van der Waals surface area contributed by atoms with Gasteiger partial charge in [-0.05, 0) is 27.8 Å². The summed E-state index contributed by atoms with van der Waals surface area (Å²) in [6, 6.07) is 11.1. The van der Waals surface area contributed by atoms with Crippen LogP contribution in [0.15, 0.2) is 30.3 Å². The van der Waals surface area contributed by atoms with E-state index in [0.29, 0.717) is 12.0 Å². The molecule has 0 aliphatic heterocycles. The fraction of sp³-hybridized carbons (Fsp3) is 0.562. The average molecular weight is 248 g/mol. The molecule has 0 radical (unpaired) electrons. The van der Waals surface area contributed by atoms with Gasteiger partial charge in [0.05, 0.1) is 6.04 Å². The van der Waals surface area contributed by atoms with Crippen LogP contribution in [0.2, 0.25) is 0 Å². The third kappa shape index (κ3) is 4.11. The molecule has 1 rings (SSSR count). The minimum absolute atomic E-state index is 0.219. The van der Waals surface area contributed by atoms with Crippen LogP contribution in [0.5, 0.6) is 0 Å². The van der Waals surface area contributed by atoms with Crippen molar-refractivity contribution in [2.75, 3.05) is 13.6 Å². The van der Waals surface area contributed by atoms with Gasteiger partial charge in [0.1, 0.15) is 0 Å². The zero-order chi connectivity index (χ0) is 13.8. The minimum Gasteiger partial charge on any atom is -0.472 e. The first-order valence-electron chi connectivity index (χ1n) is 6.75. The highest BCUT2D eigenvalue weighted by Gasteiger charge is 2.24. The number of nitrogens with two attached hydrogens (primary N) is 1. The molecule has 2 nitrogen and oxygen atoms in total. The molecule has 0 amide bonds. The van der Waals surface area contributed by atoms with E-state index in [1.807, 2.05) is 0 Å². The van der Waals surface area contributed by atoms with E-state index in [9.17, 15) is 0 Å². The SMILES string of the molecule is [CH2-][NH2+][C@@H](c1ccccc1)[C@@H](C)CN(C)C(C)(C)C. The Kier molecular flexibility index (Phi) is 5.36. The molecule has 2 heteroatoms. The second kappa shape index (κ2) is 6.35. The van der Waals surface area contributed by atoms with Gasteiger partial charge in [0.25, 0.3) is 0 Å². The first kappa shape index (κ1) is 15.2. The number of rotatable bonds is 5. The molecule has 0 aromatic heterocycles. The molecule has 0 saturated carbocycles. The number of quaternary nitrogens is 1. The quantitative estimate of drug-likeness (QED) is 0.794. The summed E-state index contributed by atoms with van der Waals surface area (Å²) in [6.45, 7) is 10.2. The summed E-state index contributed by atoms with van der Waals surface area (Å²) in [7, 11) is 6.21. The molecule has 102 valence electrons. The smallest absolute Gasteiger partial charge is 0.0914 e. The Morgan fingerprint density at radius 1 is 1.22 bits per heavy atom. The second-order valence-electron chi connectivity index (χ2n) is 6.20. The van der Waals surface area contributed by atoms with E-state index >= 15 is 0 Å². The summed E-state index contributed by atoms with van der Waals surface area (Å²) in [6.07, 6.45) is 0. The zero-order valence-corrected chi connectivity index (χ0v) is 12.5. The third-order valence-corrected chi connectivity index (χ3v) is 3.76. The number of hydrogen-bond acceptors (Lipinski definition) is 1. The van der Waals surface area contributed by atoms with Crippen LogP contribution in [0.3, 0.4) is 0 Å². The van der Waals surface area contributed by atoms with Crippen molar-refractivity contribution in [2.45, 2.75) is 39.3 Å². The van der Waals surface area contributed by atoms with Crippen molar-refractivity contribution in [1.29, 1.82) is 0 Å². The molecule has 0 fully saturated rings. The lowest BCUT2D eigenvalue weighted by Crippen LogP contribution is -2.80. The molecule has 0 unspecified atom stereocenters. The van der Waals surface area contributed by atoms with Crippen LogP contribution in [0, 0.1) is 13.0 Å². The summed E-state index contributed by atoms with van der Waals surface area (Å²) in [5, 5.41) is 2.08. The molecule has 0 aliphatic rings. The van der Waals surface area contributed by atoms with Gasteiger partial charge in [-0.3, -0.25) is 0 Å². The molecule has 1 aromatic rings. The van der Waals surface area contributed by atoms with Crippen LogP contribution in [0.25, 0.3) is 0 Å². The van der Waals surface area contributed by atoms with Gasteiger partial charge in [-0.1, -0.05) is 37.3 Å². The third-order valence-electron chi connectivity index (χ3n) is 3.76. The van der Waals surface area contributed by atoms with E-state index in [0.717, 1.165) is 6.54 Å². The van der Waals surface area contributed by atoms with Crippen molar-refractivity contribution < 1.29 is 5.32 Å². The number of nitrogens with zero attached hydrogens (tertiary/aromatic N) is 1. The Bertz CT molecular complexity index is 340. The summed E-state index contributed by atoms with van der Waals surface area (Å²) >= 11 is 0. The van der Waals surface area contributed by atoms with Gasteiger partial charge in [-0.15, -0.1) is 0 Å². The fourth-order valence-corrected chi connectivity index (χ4v) is 2.19. The lowest BCUT2D eigenvalue weighted by molar-refractivity contribution is -0.648. The van der Waals surface area contributed by atoms with Gasteiger partial charge in [0.2, 0.25) is 0 Å². The second-order valence-corrected chi connectivity index (χ2v) is 6.20. The molecule has 0 bridgehead atoms. The average Bonchev–Trinajstić information content (AvgIpc) is 2.30. The predicted molar refractivity (Wildman–Crippen MR) is 78.0 cm³/mol. The molecule has 0 spiro atoms. The fourth-order valence-electron chi connectivity index (χ4n) is 2.19. The van der Waals surface area contributed by atoms with E-state index in [2.05, 4.69) is 82.3 Å². The molecular formula is C16H28N2.